The Labute approximate surface area is 110 Å². The molecule has 0 radical (unpaired) electrons. The van der Waals surface area contributed by atoms with Crippen molar-refractivity contribution >= 4 is 12.0 Å². The molecule has 5 nitrogen and oxygen atoms in total. The summed E-state index contributed by atoms with van der Waals surface area (Å²) in [7, 11) is 0. The molecule has 0 spiro atoms. The van der Waals surface area contributed by atoms with Crippen LogP contribution in [0.15, 0.2) is 0 Å². The van der Waals surface area contributed by atoms with Crippen LogP contribution in [0.5, 0.6) is 0 Å². The highest BCUT2D eigenvalue weighted by atomic mass is 16.4. The average Bonchev–Trinajstić information content (AvgIpc) is 2.24. The lowest BCUT2D eigenvalue weighted by Gasteiger charge is -2.33. The molecule has 18 heavy (non-hydrogen) atoms. The maximum absolute atomic E-state index is 12.1. The van der Waals surface area contributed by atoms with Crippen molar-refractivity contribution < 1.29 is 14.7 Å². The SMILES string of the molecule is CCC(C)N(CC)C(=O)NC(C(=O)O)C(C)(C)C. The quantitative estimate of drug-likeness (QED) is 0.795. The van der Waals surface area contributed by atoms with E-state index in [1.165, 1.54) is 0 Å². The van der Waals surface area contributed by atoms with Gasteiger partial charge in [-0.05, 0) is 25.7 Å². The number of carbonyl (C=O) groups is 2. The lowest BCUT2D eigenvalue weighted by Crippen LogP contribution is -2.54. The number of urea groups is 1. The lowest BCUT2D eigenvalue weighted by atomic mass is 9.87. The molecule has 2 atom stereocenters. The lowest BCUT2D eigenvalue weighted by molar-refractivity contribution is -0.142. The van der Waals surface area contributed by atoms with E-state index in [1.807, 2.05) is 20.8 Å². The van der Waals surface area contributed by atoms with Crippen LogP contribution in [0, 0.1) is 5.41 Å². The minimum absolute atomic E-state index is 0.101. The summed E-state index contributed by atoms with van der Waals surface area (Å²) >= 11 is 0. The Morgan fingerprint density at radius 2 is 1.78 bits per heavy atom. The van der Waals surface area contributed by atoms with Crippen LogP contribution < -0.4 is 5.32 Å². The van der Waals surface area contributed by atoms with Gasteiger partial charge in [-0.2, -0.15) is 0 Å². The molecule has 0 aliphatic carbocycles. The molecule has 0 rings (SSSR count). The highest BCUT2D eigenvalue weighted by molar-refractivity contribution is 5.83. The molecule has 0 aromatic heterocycles. The van der Waals surface area contributed by atoms with E-state index in [0.717, 1.165) is 6.42 Å². The third kappa shape index (κ3) is 4.55. The number of aliphatic carboxylic acids is 1. The maximum atomic E-state index is 12.1. The number of carboxylic acids is 1. The van der Waals surface area contributed by atoms with Gasteiger partial charge in [0.05, 0.1) is 0 Å². The van der Waals surface area contributed by atoms with E-state index in [0.29, 0.717) is 6.54 Å². The molecule has 0 saturated heterocycles. The summed E-state index contributed by atoms with van der Waals surface area (Å²) in [5.74, 6) is -1.00. The molecule has 0 aromatic rings. The molecule has 0 bridgehead atoms. The van der Waals surface area contributed by atoms with Crippen molar-refractivity contribution in [1.29, 1.82) is 0 Å². The summed E-state index contributed by atoms with van der Waals surface area (Å²) in [6.45, 7) is 11.8. The van der Waals surface area contributed by atoms with Gasteiger partial charge in [-0.3, -0.25) is 0 Å². The van der Waals surface area contributed by atoms with E-state index in [4.69, 9.17) is 0 Å². The minimum atomic E-state index is -1.00. The van der Waals surface area contributed by atoms with Crippen molar-refractivity contribution in [2.45, 2.75) is 60.0 Å². The van der Waals surface area contributed by atoms with Gasteiger partial charge in [0.25, 0.3) is 0 Å². The Bertz CT molecular complexity index is 297. The highest BCUT2D eigenvalue weighted by Crippen LogP contribution is 2.20. The fraction of sp³-hybridized carbons (Fsp3) is 0.846. The molecule has 2 N–H and O–H groups in total. The molecule has 0 aliphatic heterocycles. The molecule has 2 amide bonds. The van der Waals surface area contributed by atoms with Gasteiger partial charge in [0, 0.05) is 12.6 Å². The molecule has 106 valence electrons. The molecule has 2 unspecified atom stereocenters. The van der Waals surface area contributed by atoms with Crippen LogP contribution in [-0.4, -0.2) is 40.6 Å². The van der Waals surface area contributed by atoms with Crippen LogP contribution in [0.3, 0.4) is 0 Å². The van der Waals surface area contributed by atoms with Crippen LogP contribution in [0.25, 0.3) is 0 Å². The molecular formula is C13H26N2O3. The number of hydrogen-bond donors (Lipinski definition) is 2. The zero-order valence-electron chi connectivity index (χ0n) is 12.3. The van der Waals surface area contributed by atoms with E-state index < -0.39 is 17.4 Å². The van der Waals surface area contributed by atoms with Gasteiger partial charge in [-0.1, -0.05) is 27.7 Å². The average molecular weight is 258 g/mol. The number of nitrogens with zero attached hydrogens (tertiary/aromatic N) is 1. The first kappa shape index (κ1) is 16.7. The molecule has 0 saturated carbocycles. The zero-order chi connectivity index (χ0) is 14.5. The summed E-state index contributed by atoms with van der Waals surface area (Å²) in [6, 6.07) is -1.10. The normalized spacial score (nSPS) is 14.8. The first-order valence-electron chi connectivity index (χ1n) is 6.45. The summed E-state index contributed by atoms with van der Waals surface area (Å²) < 4.78 is 0. The number of nitrogens with one attached hydrogen (secondary N) is 1. The van der Waals surface area contributed by atoms with Crippen LogP contribution in [-0.2, 0) is 4.79 Å². The van der Waals surface area contributed by atoms with Gasteiger partial charge in [0.15, 0.2) is 0 Å². The van der Waals surface area contributed by atoms with Crippen molar-refractivity contribution in [2.24, 2.45) is 5.41 Å². The standard InChI is InChI=1S/C13H26N2O3/c1-7-9(3)15(8-2)12(18)14-10(11(16)17)13(4,5)6/h9-10H,7-8H2,1-6H3,(H,14,18)(H,16,17). The van der Waals surface area contributed by atoms with Crippen molar-refractivity contribution in [3.8, 4) is 0 Å². The second kappa shape index (κ2) is 6.61. The Morgan fingerprint density at radius 1 is 1.28 bits per heavy atom. The monoisotopic (exact) mass is 258 g/mol. The molecular weight excluding hydrogens is 232 g/mol. The first-order valence-corrected chi connectivity index (χ1v) is 6.45. The van der Waals surface area contributed by atoms with E-state index in [1.54, 1.807) is 25.7 Å². The van der Waals surface area contributed by atoms with Gasteiger partial charge in [-0.25, -0.2) is 9.59 Å². The van der Waals surface area contributed by atoms with Gasteiger partial charge in [-0.15, -0.1) is 0 Å². The number of carbonyl (C=O) groups excluding carboxylic acids is 1. The Kier molecular flexibility index (Phi) is 6.15. The minimum Gasteiger partial charge on any atom is -0.480 e. The van der Waals surface area contributed by atoms with Gasteiger partial charge >= 0.3 is 12.0 Å². The molecule has 0 aromatic carbocycles. The van der Waals surface area contributed by atoms with Crippen molar-refractivity contribution in [2.75, 3.05) is 6.54 Å². The van der Waals surface area contributed by atoms with Gasteiger partial charge in [0.1, 0.15) is 6.04 Å². The summed E-state index contributed by atoms with van der Waals surface area (Å²) in [5.41, 5.74) is -0.518. The molecule has 0 fully saturated rings. The van der Waals surface area contributed by atoms with Gasteiger partial charge < -0.3 is 15.3 Å². The highest BCUT2D eigenvalue weighted by Gasteiger charge is 2.34. The van der Waals surface area contributed by atoms with E-state index in [2.05, 4.69) is 5.32 Å². The van der Waals surface area contributed by atoms with Crippen molar-refractivity contribution in [3.63, 3.8) is 0 Å². The van der Waals surface area contributed by atoms with E-state index in [9.17, 15) is 14.7 Å². The van der Waals surface area contributed by atoms with E-state index >= 15 is 0 Å². The van der Waals surface area contributed by atoms with Crippen molar-refractivity contribution in [1.82, 2.24) is 10.2 Å². The fourth-order valence-corrected chi connectivity index (χ4v) is 1.73. The molecule has 0 heterocycles. The number of rotatable bonds is 5. The third-order valence-corrected chi connectivity index (χ3v) is 3.11. The summed E-state index contributed by atoms with van der Waals surface area (Å²) in [6.07, 6.45) is 0.842. The smallest absolute Gasteiger partial charge is 0.326 e. The van der Waals surface area contributed by atoms with E-state index in [-0.39, 0.29) is 12.1 Å². The second-order valence-corrected chi connectivity index (χ2v) is 5.63. The number of amides is 2. The third-order valence-electron chi connectivity index (χ3n) is 3.11. The number of carboxylic acid groups (broad SMARTS) is 1. The molecule has 5 heteroatoms. The largest absolute Gasteiger partial charge is 0.480 e. The second-order valence-electron chi connectivity index (χ2n) is 5.63. The predicted octanol–water partition coefficient (Wildman–Crippen LogP) is 2.32. The van der Waals surface area contributed by atoms with Crippen LogP contribution in [0.1, 0.15) is 48.0 Å². The molecule has 0 aliphatic rings. The zero-order valence-corrected chi connectivity index (χ0v) is 12.3. The Balaban J connectivity index is 4.84. The van der Waals surface area contributed by atoms with Crippen LogP contribution in [0.2, 0.25) is 0 Å². The first-order chi connectivity index (χ1) is 8.15. The fourth-order valence-electron chi connectivity index (χ4n) is 1.73. The Hall–Kier alpha value is -1.26. The Morgan fingerprint density at radius 3 is 2.06 bits per heavy atom. The maximum Gasteiger partial charge on any atom is 0.326 e. The summed E-state index contributed by atoms with van der Waals surface area (Å²) in [4.78, 5) is 24.9. The van der Waals surface area contributed by atoms with Crippen molar-refractivity contribution in [3.05, 3.63) is 0 Å². The topological polar surface area (TPSA) is 69.6 Å². The van der Waals surface area contributed by atoms with Crippen LogP contribution in [0.4, 0.5) is 4.79 Å². The number of hydrogen-bond acceptors (Lipinski definition) is 2. The van der Waals surface area contributed by atoms with Gasteiger partial charge in [0.2, 0.25) is 0 Å². The summed E-state index contributed by atoms with van der Waals surface area (Å²) in [5, 5.41) is 11.8. The predicted molar refractivity (Wildman–Crippen MR) is 71.5 cm³/mol. The van der Waals surface area contributed by atoms with Crippen LogP contribution >= 0.6 is 0 Å².